The maximum atomic E-state index is 5.36. The molecule has 0 spiro atoms. The Morgan fingerprint density at radius 1 is 0.346 bits per heavy atom. The van der Waals surface area contributed by atoms with E-state index in [4.69, 9.17) is 39.9 Å². The smallest absolute Gasteiger partial charge is 0.160 e. The van der Waals surface area contributed by atoms with Gasteiger partial charge in [-0.1, -0.05) is 221 Å². The van der Waals surface area contributed by atoms with Crippen LogP contribution in [0.4, 0.5) is 0 Å². The van der Waals surface area contributed by atoms with Crippen LogP contribution in [-0.4, -0.2) is 39.9 Å². The average Bonchev–Trinajstić information content (AvgIpc) is 3.69. The molecular weight excluding hydrogens is 953 g/mol. The van der Waals surface area contributed by atoms with Crippen molar-refractivity contribution in [3.63, 3.8) is 0 Å². The number of nitrogens with zero attached hydrogens (tertiary/aromatic N) is 8. The lowest BCUT2D eigenvalue weighted by atomic mass is 9.96. The van der Waals surface area contributed by atoms with Crippen molar-refractivity contribution in [3.8, 4) is 90.1 Å². The molecule has 0 aliphatic heterocycles. The standard InChI is InChI=1S/C68H44N8.C2H6/c1-3-20-43(4-2)67-73-61(53-35-33-51-55(44-21-10-5-11-22-44)39-59(46-25-14-7-15-26-46)71-63(51)65(53)75-67)57-37-31-49(41-69-57)50-32-38-58(70-42-50)62-54-36-34-52-56(45-23-12-6-13-24-45)40-60(47-27-16-8-17-28-47)72-64(52)66(54)76-68(74-62)48-29-18-9-19-30-48;1-2/h3-42H,1-2H2;1-2H3/b43-20+;. The highest BCUT2D eigenvalue weighted by Gasteiger charge is 2.21. The quantitative estimate of drug-likeness (QED) is 0.0932. The molecule has 78 heavy (non-hydrogen) atoms. The fraction of sp³-hybridized carbons (Fsp3) is 0.0286. The molecule has 0 N–H and O–H groups in total. The molecule has 13 rings (SSSR count). The summed E-state index contributed by atoms with van der Waals surface area (Å²) in [6.45, 7) is 12.1. The van der Waals surface area contributed by atoms with E-state index in [9.17, 15) is 0 Å². The normalized spacial score (nSPS) is 11.4. The van der Waals surface area contributed by atoms with E-state index in [1.165, 1.54) is 0 Å². The van der Waals surface area contributed by atoms with Crippen molar-refractivity contribution in [1.82, 2.24) is 39.9 Å². The SMILES string of the molecule is C=C/C=C(\C=C)c1nc(-c2ccc(-c3ccc(-c4nc(-c5ccccc5)nc5c4ccc4c(-c6ccccc6)cc(-c6ccccc6)nc45)nc3)cn2)c2ccc3c(-c4ccccc4)cc(-c4ccccc4)nc3c2n1.CC. The number of fused-ring (bicyclic) bond motifs is 6. The summed E-state index contributed by atoms with van der Waals surface area (Å²) in [7, 11) is 0. The molecule has 0 saturated carbocycles. The monoisotopic (exact) mass is 1000 g/mol. The van der Waals surface area contributed by atoms with Gasteiger partial charge >= 0.3 is 0 Å². The molecule has 0 bridgehead atoms. The van der Waals surface area contributed by atoms with Gasteiger partial charge in [-0.05, 0) is 58.7 Å². The molecule has 0 fully saturated rings. The molecule has 8 heteroatoms. The lowest BCUT2D eigenvalue weighted by molar-refractivity contribution is 1.16. The molecule has 370 valence electrons. The van der Waals surface area contributed by atoms with Crippen LogP contribution in [0.25, 0.3) is 139 Å². The van der Waals surface area contributed by atoms with Crippen LogP contribution in [0, 0.1) is 0 Å². The van der Waals surface area contributed by atoms with E-state index in [1.54, 1.807) is 12.2 Å². The van der Waals surface area contributed by atoms with Gasteiger partial charge in [0.15, 0.2) is 11.6 Å². The van der Waals surface area contributed by atoms with E-state index in [2.05, 4.69) is 134 Å². The third-order valence-electron chi connectivity index (χ3n) is 13.8. The van der Waals surface area contributed by atoms with Crippen LogP contribution >= 0.6 is 0 Å². The van der Waals surface area contributed by atoms with Gasteiger partial charge in [0.1, 0.15) is 22.4 Å². The highest BCUT2D eigenvalue weighted by atomic mass is 14.9. The summed E-state index contributed by atoms with van der Waals surface area (Å²) in [6.07, 6.45) is 9.08. The number of benzene rings is 7. The lowest BCUT2D eigenvalue weighted by Gasteiger charge is -2.15. The van der Waals surface area contributed by atoms with Crippen molar-refractivity contribution in [1.29, 1.82) is 0 Å². The molecule has 0 radical (unpaired) electrons. The first-order valence-electron chi connectivity index (χ1n) is 26.1. The Morgan fingerprint density at radius 3 is 1.17 bits per heavy atom. The molecule has 0 aliphatic rings. The zero-order valence-corrected chi connectivity index (χ0v) is 43.1. The van der Waals surface area contributed by atoms with Crippen LogP contribution in [-0.2, 0) is 0 Å². The maximum absolute atomic E-state index is 5.36. The number of hydrogen-bond donors (Lipinski definition) is 0. The average molecular weight is 1000 g/mol. The van der Waals surface area contributed by atoms with Gasteiger partial charge in [0, 0.05) is 67.3 Å². The van der Waals surface area contributed by atoms with Gasteiger partial charge < -0.3 is 0 Å². The largest absolute Gasteiger partial charge is 0.254 e. The van der Waals surface area contributed by atoms with E-state index < -0.39 is 0 Å². The summed E-state index contributed by atoms with van der Waals surface area (Å²) in [5, 5.41) is 3.65. The van der Waals surface area contributed by atoms with Gasteiger partial charge in [-0.2, -0.15) is 0 Å². The van der Waals surface area contributed by atoms with Crippen LogP contribution in [0.1, 0.15) is 19.7 Å². The summed E-state index contributed by atoms with van der Waals surface area (Å²) in [6, 6.07) is 72.4. The second-order valence-corrected chi connectivity index (χ2v) is 18.4. The van der Waals surface area contributed by atoms with Crippen molar-refractivity contribution in [2.75, 3.05) is 0 Å². The van der Waals surface area contributed by atoms with Gasteiger partial charge in [0.25, 0.3) is 0 Å². The Balaban J connectivity index is 0.00000301. The fourth-order valence-electron chi connectivity index (χ4n) is 9.99. The molecule has 6 aromatic heterocycles. The second-order valence-electron chi connectivity index (χ2n) is 18.4. The maximum Gasteiger partial charge on any atom is 0.160 e. The number of hydrogen-bond acceptors (Lipinski definition) is 8. The topological polar surface area (TPSA) is 103 Å². The van der Waals surface area contributed by atoms with Gasteiger partial charge in [0.2, 0.25) is 0 Å². The Hall–Kier alpha value is -10.4. The van der Waals surface area contributed by atoms with E-state index in [0.29, 0.717) is 39.9 Å². The number of rotatable bonds is 11. The summed E-state index contributed by atoms with van der Waals surface area (Å²) >= 11 is 0. The molecule has 0 atom stereocenters. The highest BCUT2D eigenvalue weighted by Crippen LogP contribution is 2.40. The second kappa shape index (κ2) is 21.4. The molecule has 0 unspecified atom stereocenters. The molecule has 6 heterocycles. The molecule has 7 aromatic carbocycles. The van der Waals surface area contributed by atoms with Crippen molar-refractivity contribution in [2.24, 2.45) is 0 Å². The third-order valence-corrected chi connectivity index (χ3v) is 13.8. The first-order chi connectivity index (χ1) is 38.6. The van der Waals surface area contributed by atoms with E-state index >= 15 is 0 Å². The fourth-order valence-corrected chi connectivity index (χ4v) is 9.99. The highest BCUT2D eigenvalue weighted by molar-refractivity contribution is 6.14. The molecule has 0 aliphatic carbocycles. The number of aromatic nitrogens is 8. The lowest BCUT2D eigenvalue weighted by Crippen LogP contribution is -2.01. The summed E-state index contributed by atoms with van der Waals surface area (Å²) in [5.41, 5.74) is 17.3. The summed E-state index contributed by atoms with van der Waals surface area (Å²) in [5.74, 6) is 1.08. The van der Waals surface area contributed by atoms with E-state index in [-0.39, 0.29) is 0 Å². The summed E-state index contributed by atoms with van der Waals surface area (Å²) < 4.78 is 0. The van der Waals surface area contributed by atoms with Crippen molar-refractivity contribution < 1.29 is 0 Å². The first kappa shape index (κ1) is 48.5. The number of pyridine rings is 4. The van der Waals surface area contributed by atoms with Gasteiger partial charge in [-0.15, -0.1) is 0 Å². The zero-order valence-electron chi connectivity index (χ0n) is 43.1. The Labute approximate surface area is 452 Å². The van der Waals surface area contributed by atoms with Gasteiger partial charge in [0.05, 0.1) is 33.8 Å². The minimum atomic E-state index is 0.494. The molecular formula is C70H50N8. The van der Waals surface area contributed by atoms with Crippen molar-refractivity contribution >= 4 is 49.2 Å². The van der Waals surface area contributed by atoms with Crippen LogP contribution in [0.5, 0.6) is 0 Å². The minimum absolute atomic E-state index is 0.494. The van der Waals surface area contributed by atoms with Gasteiger partial charge in [-0.25, -0.2) is 29.9 Å². The van der Waals surface area contributed by atoms with Crippen LogP contribution in [0.2, 0.25) is 0 Å². The Morgan fingerprint density at radius 2 is 0.744 bits per heavy atom. The predicted octanol–water partition coefficient (Wildman–Crippen LogP) is 17.6. The molecule has 0 saturated heterocycles. The third kappa shape index (κ3) is 9.18. The Kier molecular flexibility index (Phi) is 13.3. The van der Waals surface area contributed by atoms with Crippen LogP contribution in [0.3, 0.4) is 0 Å². The van der Waals surface area contributed by atoms with Crippen LogP contribution in [0.15, 0.2) is 256 Å². The molecule has 0 amide bonds. The van der Waals surface area contributed by atoms with Crippen molar-refractivity contribution in [3.05, 3.63) is 262 Å². The summed E-state index contributed by atoms with van der Waals surface area (Å²) in [4.78, 5) is 41.8. The van der Waals surface area contributed by atoms with Crippen LogP contribution < -0.4 is 0 Å². The van der Waals surface area contributed by atoms with Gasteiger partial charge in [-0.3, -0.25) is 9.97 Å². The predicted molar refractivity (Wildman–Crippen MR) is 322 cm³/mol. The Bertz CT molecular complexity index is 4380. The van der Waals surface area contributed by atoms with Crippen molar-refractivity contribution in [2.45, 2.75) is 13.8 Å². The minimum Gasteiger partial charge on any atom is -0.254 e. The zero-order chi connectivity index (χ0) is 53.0. The van der Waals surface area contributed by atoms with E-state index in [0.717, 1.165) is 105 Å². The molecule has 8 nitrogen and oxygen atoms in total. The van der Waals surface area contributed by atoms with E-state index in [1.807, 2.05) is 123 Å². The first-order valence-corrected chi connectivity index (χ1v) is 26.1. The molecule has 13 aromatic rings. The number of allylic oxidation sites excluding steroid dienone is 4.